The molecule has 0 aliphatic rings. The number of rotatable bonds is 4. The maximum absolute atomic E-state index is 11.8. The summed E-state index contributed by atoms with van der Waals surface area (Å²) in [5.41, 5.74) is -0.725. The first-order valence-corrected chi connectivity index (χ1v) is 5.45. The Morgan fingerprint density at radius 3 is 2.42 bits per heavy atom. The monoisotopic (exact) mass is 269 g/mol. The molecule has 0 aliphatic heterocycles. The molecule has 0 atom stereocenters. The van der Waals surface area contributed by atoms with E-state index in [1.165, 1.54) is 31.9 Å². The number of aliphatic carboxylic acids is 1. The highest BCUT2D eigenvalue weighted by Crippen LogP contribution is 1.98. The summed E-state index contributed by atoms with van der Waals surface area (Å²) in [5, 5.41) is 8.52. The van der Waals surface area contributed by atoms with Crippen molar-refractivity contribution in [1.82, 2.24) is 14.0 Å². The van der Waals surface area contributed by atoms with E-state index in [-0.39, 0.29) is 12.1 Å². The topological polar surface area (TPSA) is 102 Å². The molecule has 104 valence electrons. The summed E-state index contributed by atoms with van der Waals surface area (Å²) in [6.45, 7) is -0.0487. The van der Waals surface area contributed by atoms with E-state index in [9.17, 15) is 19.2 Å². The highest BCUT2D eigenvalue weighted by atomic mass is 16.4. The van der Waals surface area contributed by atoms with Gasteiger partial charge in [0.15, 0.2) is 0 Å². The van der Waals surface area contributed by atoms with E-state index < -0.39 is 29.5 Å². The van der Waals surface area contributed by atoms with Crippen molar-refractivity contribution in [3.05, 3.63) is 32.6 Å². The normalized spacial score (nSPS) is 10.3. The van der Waals surface area contributed by atoms with Crippen LogP contribution in [0.5, 0.6) is 0 Å². The highest BCUT2D eigenvalue weighted by Gasteiger charge is 2.15. The number of aromatic nitrogens is 2. The summed E-state index contributed by atoms with van der Waals surface area (Å²) in [4.78, 5) is 46.3. The van der Waals surface area contributed by atoms with Crippen molar-refractivity contribution in [2.75, 3.05) is 7.05 Å². The van der Waals surface area contributed by atoms with Crippen molar-refractivity contribution in [2.45, 2.75) is 13.0 Å². The SMILES string of the molecule is CN(Cc1cn(C)c(=O)n(C)c1=O)C(=O)CC(=O)O. The first kappa shape index (κ1) is 14.7. The molecule has 0 saturated carbocycles. The Morgan fingerprint density at radius 2 is 1.89 bits per heavy atom. The molecule has 8 nitrogen and oxygen atoms in total. The van der Waals surface area contributed by atoms with E-state index in [4.69, 9.17) is 5.11 Å². The molecule has 0 aromatic carbocycles. The van der Waals surface area contributed by atoms with E-state index in [0.29, 0.717) is 0 Å². The van der Waals surface area contributed by atoms with Gasteiger partial charge < -0.3 is 14.6 Å². The second kappa shape index (κ2) is 5.51. The third-order valence-corrected chi connectivity index (χ3v) is 2.65. The van der Waals surface area contributed by atoms with Crippen molar-refractivity contribution >= 4 is 11.9 Å². The minimum Gasteiger partial charge on any atom is -0.481 e. The van der Waals surface area contributed by atoms with Gasteiger partial charge in [-0.15, -0.1) is 0 Å². The van der Waals surface area contributed by atoms with Crippen LogP contribution in [-0.2, 0) is 30.2 Å². The van der Waals surface area contributed by atoms with Gasteiger partial charge in [0.25, 0.3) is 5.56 Å². The van der Waals surface area contributed by atoms with Crippen LogP contribution in [0.3, 0.4) is 0 Å². The number of carbonyl (C=O) groups excluding carboxylic acids is 1. The van der Waals surface area contributed by atoms with Crippen molar-refractivity contribution in [1.29, 1.82) is 0 Å². The lowest BCUT2D eigenvalue weighted by Gasteiger charge is -2.16. The largest absolute Gasteiger partial charge is 0.481 e. The van der Waals surface area contributed by atoms with Gasteiger partial charge in [-0.3, -0.25) is 19.0 Å². The fraction of sp³-hybridized carbons (Fsp3) is 0.455. The summed E-state index contributed by atoms with van der Waals surface area (Å²) in [7, 11) is 4.23. The third kappa shape index (κ3) is 3.30. The molecule has 0 spiro atoms. The van der Waals surface area contributed by atoms with Gasteiger partial charge in [0.2, 0.25) is 5.91 Å². The Kier molecular flexibility index (Phi) is 4.26. The number of carbonyl (C=O) groups is 2. The van der Waals surface area contributed by atoms with Gasteiger partial charge >= 0.3 is 11.7 Å². The molecular formula is C11H15N3O5. The predicted octanol–water partition coefficient (Wildman–Crippen LogP) is -1.48. The summed E-state index contributed by atoms with van der Waals surface area (Å²) in [5.74, 6) is -1.84. The molecule has 1 rings (SSSR count). The molecule has 0 aliphatic carbocycles. The Labute approximate surface area is 108 Å². The zero-order valence-corrected chi connectivity index (χ0v) is 10.9. The van der Waals surface area contributed by atoms with Crippen LogP contribution in [-0.4, -0.2) is 38.1 Å². The standard InChI is InChI=1S/C11H15N3O5/c1-12(8(15)4-9(16)17)5-7-6-13(2)11(19)14(3)10(7)18/h6H,4-5H2,1-3H3,(H,16,17). The van der Waals surface area contributed by atoms with Crippen LogP contribution in [0.4, 0.5) is 0 Å². The highest BCUT2D eigenvalue weighted by molar-refractivity contribution is 5.93. The molecule has 8 heteroatoms. The Hall–Kier alpha value is -2.38. The molecule has 1 heterocycles. The van der Waals surface area contributed by atoms with E-state index >= 15 is 0 Å². The lowest BCUT2D eigenvalue weighted by Crippen LogP contribution is -2.40. The van der Waals surface area contributed by atoms with Crippen LogP contribution < -0.4 is 11.2 Å². The number of amides is 1. The Balaban J connectivity index is 3.01. The van der Waals surface area contributed by atoms with Gasteiger partial charge in [-0.25, -0.2) is 4.79 Å². The van der Waals surface area contributed by atoms with E-state index in [1.54, 1.807) is 0 Å². The van der Waals surface area contributed by atoms with E-state index in [1.807, 2.05) is 0 Å². The summed E-state index contributed by atoms with van der Waals surface area (Å²) in [6.07, 6.45) is 0.706. The Morgan fingerprint density at radius 1 is 1.32 bits per heavy atom. The zero-order chi connectivity index (χ0) is 14.7. The molecule has 0 bridgehead atoms. The molecule has 1 amide bonds. The smallest absolute Gasteiger partial charge is 0.330 e. The summed E-state index contributed by atoms with van der Waals surface area (Å²) < 4.78 is 2.16. The van der Waals surface area contributed by atoms with E-state index in [0.717, 1.165) is 9.47 Å². The van der Waals surface area contributed by atoms with Crippen molar-refractivity contribution in [3.63, 3.8) is 0 Å². The van der Waals surface area contributed by atoms with Crippen molar-refractivity contribution in [3.8, 4) is 0 Å². The van der Waals surface area contributed by atoms with Gasteiger partial charge in [-0.1, -0.05) is 0 Å². The average Bonchev–Trinajstić information content (AvgIpc) is 2.32. The average molecular weight is 269 g/mol. The summed E-state index contributed by atoms with van der Waals surface area (Å²) in [6, 6.07) is 0. The molecule has 0 radical (unpaired) electrons. The van der Waals surface area contributed by atoms with Crippen molar-refractivity contribution < 1.29 is 14.7 Å². The third-order valence-electron chi connectivity index (χ3n) is 2.65. The van der Waals surface area contributed by atoms with Crippen molar-refractivity contribution in [2.24, 2.45) is 14.1 Å². The van der Waals surface area contributed by atoms with Crippen LogP contribution in [0.1, 0.15) is 12.0 Å². The summed E-state index contributed by atoms with van der Waals surface area (Å²) >= 11 is 0. The molecule has 1 aromatic heterocycles. The number of hydrogen-bond donors (Lipinski definition) is 1. The number of hydrogen-bond acceptors (Lipinski definition) is 4. The fourth-order valence-electron chi connectivity index (χ4n) is 1.60. The van der Waals surface area contributed by atoms with Crippen LogP contribution in [0.15, 0.2) is 15.8 Å². The first-order chi connectivity index (χ1) is 8.73. The van der Waals surface area contributed by atoms with Gasteiger partial charge in [0.05, 0.1) is 12.1 Å². The quantitative estimate of drug-likeness (QED) is 0.671. The van der Waals surface area contributed by atoms with Crippen LogP contribution in [0, 0.1) is 0 Å². The van der Waals surface area contributed by atoms with Crippen LogP contribution >= 0.6 is 0 Å². The minimum absolute atomic E-state index is 0.0487. The second-order valence-electron chi connectivity index (χ2n) is 4.23. The van der Waals surface area contributed by atoms with Gasteiger partial charge in [-0.2, -0.15) is 0 Å². The molecule has 1 N–H and O–H groups in total. The second-order valence-corrected chi connectivity index (χ2v) is 4.23. The lowest BCUT2D eigenvalue weighted by atomic mass is 10.3. The zero-order valence-electron chi connectivity index (χ0n) is 10.9. The van der Waals surface area contributed by atoms with Gasteiger partial charge in [-0.05, 0) is 0 Å². The fourth-order valence-corrected chi connectivity index (χ4v) is 1.60. The number of nitrogens with zero attached hydrogens (tertiary/aromatic N) is 3. The minimum atomic E-state index is -1.23. The predicted molar refractivity (Wildman–Crippen MR) is 65.7 cm³/mol. The number of aryl methyl sites for hydroxylation is 1. The molecular weight excluding hydrogens is 254 g/mol. The molecule has 0 saturated heterocycles. The van der Waals surface area contributed by atoms with Crippen LogP contribution in [0.25, 0.3) is 0 Å². The molecule has 0 unspecified atom stereocenters. The number of carboxylic acids is 1. The van der Waals surface area contributed by atoms with Crippen LogP contribution in [0.2, 0.25) is 0 Å². The Bertz CT molecular complexity index is 628. The first-order valence-electron chi connectivity index (χ1n) is 5.45. The van der Waals surface area contributed by atoms with Gasteiger partial charge in [0, 0.05) is 27.3 Å². The molecule has 1 aromatic rings. The maximum atomic E-state index is 11.8. The van der Waals surface area contributed by atoms with Gasteiger partial charge in [0.1, 0.15) is 6.42 Å². The number of carboxylic acid groups (broad SMARTS) is 1. The lowest BCUT2D eigenvalue weighted by molar-refractivity contribution is -0.143. The molecule has 0 fully saturated rings. The van der Waals surface area contributed by atoms with E-state index in [2.05, 4.69) is 0 Å². The maximum Gasteiger partial charge on any atom is 0.330 e. The molecule has 19 heavy (non-hydrogen) atoms.